The molecule has 0 aliphatic carbocycles. The summed E-state index contributed by atoms with van der Waals surface area (Å²) in [5.74, 6) is 2.08. The van der Waals surface area contributed by atoms with Crippen molar-refractivity contribution in [1.82, 2.24) is 4.98 Å². The Kier molecular flexibility index (Phi) is 5.00. The Morgan fingerprint density at radius 3 is 2.38 bits per heavy atom. The molecular formula is C16H20N2O3. The summed E-state index contributed by atoms with van der Waals surface area (Å²) in [5, 5.41) is 0. The zero-order valence-electron chi connectivity index (χ0n) is 12.6. The Bertz CT molecular complexity index is 614. The molecule has 0 bridgehead atoms. The van der Waals surface area contributed by atoms with Crippen LogP contribution >= 0.6 is 0 Å². The molecule has 0 aliphatic rings. The molecule has 1 heterocycles. The molecule has 0 fully saturated rings. The fourth-order valence-electron chi connectivity index (χ4n) is 2.01. The van der Waals surface area contributed by atoms with Gasteiger partial charge in [-0.05, 0) is 36.8 Å². The Labute approximate surface area is 124 Å². The second-order valence-corrected chi connectivity index (χ2v) is 4.58. The monoisotopic (exact) mass is 288 g/mol. The lowest BCUT2D eigenvalue weighted by atomic mass is 10.2. The molecule has 0 atom stereocenters. The minimum atomic E-state index is 0.350. The highest BCUT2D eigenvalue weighted by Crippen LogP contribution is 2.28. The number of aryl methyl sites for hydroxylation is 1. The zero-order chi connectivity index (χ0) is 15.2. The maximum atomic E-state index is 5.80. The second-order valence-electron chi connectivity index (χ2n) is 4.58. The fourth-order valence-corrected chi connectivity index (χ4v) is 2.01. The molecule has 2 aromatic rings. The van der Waals surface area contributed by atoms with Gasteiger partial charge in [-0.1, -0.05) is 6.07 Å². The smallest absolute Gasteiger partial charge is 0.161 e. The van der Waals surface area contributed by atoms with E-state index in [9.17, 15) is 0 Å². The molecule has 2 N–H and O–H groups in total. The van der Waals surface area contributed by atoms with Crippen molar-refractivity contribution in [2.45, 2.75) is 20.1 Å². The van der Waals surface area contributed by atoms with Crippen LogP contribution in [0.1, 0.15) is 17.0 Å². The van der Waals surface area contributed by atoms with Gasteiger partial charge in [0.2, 0.25) is 0 Å². The Morgan fingerprint density at radius 2 is 1.71 bits per heavy atom. The summed E-state index contributed by atoms with van der Waals surface area (Å²) < 4.78 is 16.3. The quantitative estimate of drug-likeness (QED) is 0.884. The third kappa shape index (κ3) is 3.64. The molecule has 1 aromatic carbocycles. The topological polar surface area (TPSA) is 66.6 Å². The van der Waals surface area contributed by atoms with Gasteiger partial charge in [0, 0.05) is 12.2 Å². The summed E-state index contributed by atoms with van der Waals surface area (Å²) in [4.78, 5) is 4.37. The largest absolute Gasteiger partial charge is 0.493 e. The molecule has 0 aliphatic heterocycles. The molecule has 0 radical (unpaired) electrons. The predicted octanol–water partition coefficient (Wildman–Crippen LogP) is 2.44. The Hall–Kier alpha value is -2.27. The number of hydrogen-bond acceptors (Lipinski definition) is 5. The molecule has 0 spiro atoms. The maximum absolute atomic E-state index is 5.80. The van der Waals surface area contributed by atoms with Crippen molar-refractivity contribution in [1.29, 1.82) is 0 Å². The Morgan fingerprint density at radius 1 is 1.00 bits per heavy atom. The summed E-state index contributed by atoms with van der Waals surface area (Å²) in [6, 6.07) is 9.48. The lowest BCUT2D eigenvalue weighted by Crippen LogP contribution is -2.06. The molecule has 0 saturated carbocycles. The first-order valence-electron chi connectivity index (χ1n) is 6.68. The zero-order valence-corrected chi connectivity index (χ0v) is 12.6. The van der Waals surface area contributed by atoms with Gasteiger partial charge in [-0.25, -0.2) is 0 Å². The van der Waals surface area contributed by atoms with Crippen LogP contribution in [0.2, 0.25) is 0 Å². The van der Waals surface area contributed by atoms with Crippen molar-refractivity contribution in [2.75, 3.05) is 14.2 Å². The molecule has 112 valence electrons. The van der Waals surface area contributed by atoms with Gasteiger partial charge in [0.25, 0.3) is 0 Å². The van der Waals surface area contributed by atoms with Gasteiger partial charge < -0.3 is 19.9 Å². The molecule has 0 amide bonds. The summed E-state index contributed by atoms with van der Waals surface area (Å²) in [6.07, 6.45) is 0. The van der Waals surface area contributed by atoms with Gasteiger partial charge in [-0.15, -0.1) is 0 Å². The van der Waals surface area contributed by atoms with E-state index in [0.717, 1.165) is 17.0 Å². The van der Waals surface area contributed by atoms with E-state index in [0.29, 0.717) is 30.4 Å². The molecule has 0 saturated heterocycles. The van der Waals surface area contributed by atoms with Crippen molar-refractivity contribution in [3.05, 3.63) is 47.3 Å². The summed E-state index contributed by atoms with van der Waals surface area (Å²) in [5.41, 5.74) is 8.36. The van der Waals surface area contributed by atoms with E-state index in [4.69, 9.17) is 19.9 Å². The lowest BCUT2D eigenvalue weighted by Gasteiger charge is -2.12. The van der Waals surface area contributed by atoms with Gasteiger partial charge in [0.05, 0.1) is 19.9 Å². The minimum Gasteiger partial charge on any atom is -0.493 e. The van der Waals surface area contributed by atoms with Crippen LogP contribution in [0.4, 0.5) is 0 Å². The average molecular weight is 288 g/mol. The van der Waals surface area contributed by atoms with Crippen LogP contribution in [0.15, 0.2) is 30.3 Å². The molecule has 21 heavy (non-hydrogen) atoms. The van der Waals surface area contributed by atoms with Crippen LogP contribution in [-0.4, -0.2) is 19.2 Å². The van der Waals surface area contributed by atoms with Crippen LogP contribution < -0.4 is 19.9 Å². The third-order valence-electron chi connectivity index (χ3n) is 3.11. The normalized spacial score (nSPS) is 10.3. The minimum absolute atomic E-state index is 0.350. The van der Waals surface area contributed by atoms with Crippen molar-refractivity contribution in [3.63, 3.8) is 0 Å². The van der Waals surface area contributed by atoms with E-state index in [1.165, 1.54) is 0 Å². The first-order valence-corrected chi connectivity index (χ1v) is 6.68. The van der Waals surface area contributed by atoms with E-state index in [-0.39, 0.29) is 0 Å². The number of pyridine rings is 1. The number of benzene rings is 1. The number of rotatable bonds is 6. The molecule has 2 rings (SSSR count). The van der Waals surface area contributed by atoms with Crippen molar-refractivity contribution < 1.29 is 14.2 Å². The van der Waals surface area contributed by atoms with Gasteiger partial charge in [0.15, 0.2) is 11.5 Å². The summed E-state index contributed by atoms with van der Waals surface area (Å²) in [7, 11) is 3.22. The SMILES string of the molecule is COc1ccc(COc2ccc(C)nc2CN)cc1OC. The molecule has 5 nitrogen and oxygen atoms in total. The summed E-state index contributed by atoms with van der Waals surface area (Å²) >= 11 is 0. The van der Waals surface area contributed by atoms with E-state index in [2.05, 4.69) is 4.98 Å². The maximum Gasteiger partial charge on any atom is 0.161 e. The van der Waals surface area contributed by atoms with Crippen molar-refractivity contribution >= 4 is 0 Å². The highest BCUT2D eigenvalue weighted by molar-refractivity contribution is 5.43. The van der Waals surface area contributed by atoms with Gasteiger partial charge in [-0.2, -0.15) is 0 Å². The second kappa shape index (κ2) is 6.95. The Balaban J connectivity index is 2.13. The van der Waals surface area contributed by atoms with Crippen LogP contribution in [0.5, 0.6) is 17.2 Å². The number of aromatic nitrogens is 1. The molecule has 0 unspecified atom stereocenters. The van der Waals surface area contributed by atoms with Gasteiger partial charge in [0.1, 0.15) is 12.4 Å². The van der Waals surface area contributed by atoms with Crippen LogP contribution in [-0.2, 0) is 13.2 Å². The van der Waals surface area contributed by atoms with Crippen molar-refractivity contribution in [3.8, 4) is 17.2 Å². The predicted molar refractivity (Wildman–Crippen MR) is 80.7 cm³/mol. The van der Waals surface area contributed by atoms with Crippen LogP contribution in [0.25, 0.3) is 0 Å². The fraction of sp³-hybridized carbons (Fsp3) is 0.312. The van der Waals surface area contributed by atoms with Gasteiger partial charge >= 0.3 is 0 Å². The first kappa shape index (κ1) is 15.1. The number of nitrogens with zero attached hydrogens (tertiary/aromatic N) is 1. The van der Waals surface area contributed by atoms with Crippen molar-refractivity contribution in [2.24, 2.45) is 5.73 Å². The molecule has 5 heteroatoms. The van der Waals surface area contributed by atoms with Gasteiger partial charge in [-0.3, -0.25) is 4.98 Å². The first-order chi connectivity index (χ1) is 10.2. The van der Waals surface area contributed by atoms with E-state index >= 15 is 0 Å². The van der Waals surface area contributed by atoms with E-state index in [1.807, 2.05) is 37.3 Å². The van der Waals surface area contributed by atoms with E-state index < -0.39 is 0 Å². The molecule has 1 aromatic heterocycles. The van der Waals surface area contributed by atoms with E-state index in [1.54, 1.807) is 14.2 Å². The number of methoxy groups -OCH3 is 2. The third-order valence-corrected chi connectivity index (χ3v) is 3.11. The highest BCUT2D eigenvalue weighted by Gasteiger charge is 2.07. The summed E-state index contributed by atoms with van der Waals surface area (Å²) in [6.45, 7) is 2.69. The average Bonchev–Trinajstić information content (AvgIpc) is 2.53. The lowest BCUT2D eigenvalue weighted by molar-refractivity contribution is 0.299. The standard InChI is InChI=1S/C16H20N2O3/c1-11-4-6-14(13(9-17)18-11)21-10-12-5-7-15(19-2)16(8-12)20-3/h4-8H,9-10,17H2,1-3H3. The highest BCUT2D eigenvalue weighted by atomic mass is 16.5. The number of nitrogens with two attached hydrogens (primary N) is 1. The van der Waals surface area contributed by atoms with Crippen LogP contribution in [0.3, 0.4) is 0 Å². The number of ether oxygens (including phenoxy) is 3. The molecular weight excluding hydrogens is 268 g/mol. The number of hydrogen-bond donors (Lipinski definition) is 1. The van der Waals surface area contributed by atoms with Crippen LogP contribution in [0, 0.1) is 6.92 Å².